The van der Waals surface area contributed by atoms with Gasteiger partial charge in [-0.15, -0.1) is 10.2 Å². The molecule has 0 aliphatic heterocycles. The van der Waals surface area contributed by atoms with E-state index in [1.807, 2.05) is 19.1 Å². The molecule has 0 radical (unpaired) electrons. The molecule has 0 saturated carbocycles. The van der Waals surface area contributed by atoms with Crippen LogP contribution in [0, 0.1) is 6.92 Å². The minimum Gasteiger partial charge on any atom is -0.265 e. The van der Waals surface area contributed by atoms with Gasteiger partial charge in [0.2, 0.25) is 0 Å². The van der Waals surface area contributed by atoms with Gasteiger partial charge in [0, 0.05) is 29.2 Å². The molecule has 5 nitrogen and oxygen atoms in total. The van der Waals surface area contributed by atoms with Crippen LogP contribution in [-0.2, 0) is 12.8 Å². The average Bonchev–Trinajstić information content (AvgIpc) is 3.17. The van der Waals surface area contributed by atoms with Crippen LogP contribution in [-0.4, -0.2) is 25.1 Å². The van der Waals surface area contributed by atoms with Crippen LogP contribution >= 0.6 is 23.1 Å². The van der Waals surface area contributed by atoms with Gasteiger partial charge < -0.3 is 0 Å². The van der Waals surface area contributed by atoms with Gasteiger partial charge in [-0.25, -0.2) is 9.97 Å². The van der Waals surface area contributed by atoms with E-state index in [1.165, 1.54) is 11.3 Å². The molecule has 4 rings (SSSR count). The summed E-state index contributed by atoms with van der Waals surface area (Å²) in [6.45, 7) is 1.97. The standard InChI is InChI=1S/C15H13N5S2/c1-9-19-20-15(21-9)22-14-11-3-2-4-12(11)17-13(18-14)10-5-7-16-8-6-10/h5-8H,2-4H2,1H3. The van der Waals surface area contributed by atoms with Gasteiger partial charge in [0.1, 0.15) is 10.0 Å². The Kier molecular flexibility index (Phi) is 3.59. The molecule has 110 valence electrons. The number of nitrogens with zero attached hydrogens (tertiary/aromatic N) is 5. The highest BCUT2D eigenvalue weighted by atomic mass is 32.2. The summed E-state index contributed by atoms with van der Waals surface area (Å²) in [7, 11) is 0. The van der Waals surface area contributed by atoms with Crippen molar-refractivity contribution >= 4 is 23.1 Å². The molecule has 1 aliphatic rings. The molecule has 0 fully saturated rings. The van der Waals surface area contributed by atoms with Crippen LogP contribution in [0.1, 0.15) is 22.7 Å². The van der Waals surface area contributed by atoms with E-state index in [0.29, 0.717) is 0 Å². The lowest BCUT2D eigenvalue weighted by Crippen LogP contribution is -1.99. The van der Waals surface area contributed by atoms with Gasteiger partial charge in [0.05, 0.1) is 0 Å². The van der Waals surface area contributed by atoms with Crippen molar-refractivity contribution < 1.29 is 0 Å². The first-order chi connectivity index (χ1) is 10.8. The Balaban J connectivity index is 1.78. The van der Waals surface area contributed by atoms with Crippen molar-refractivity contribution in [1.82, 2.24) is 25.1 Å². The first-order valence-electron chi connectivity index (χ1n) is 7.08. The quantitative estimate of drug-likeness (QED) is 0.688. The monoisotopic (exact) mass is 327 g/mol. The van der Waals surface area contributed by atoms with E-state index >= 15 is 0 Å². The van der Waals surface area contributed by atoms with E-state index in [2.05, 4.69) is 15.2 Å². The van der Waals surface area contributed by atoms with E-state index in [1.54, 1.807) is 35.5 Å². The second-order valence-corrected chi connectivity index (χ2v) is 7.47. The highest BCUT2D eigenvalue weighted by Crippen LogP contribution is 2.36. The zero-order valence-electron chi connectivity index (χ0n) is 12.0. The fraction of sp³-hybridized carbons (Fsp3) is 0.267. The topological polar surface area (TPSA) is 64.5 Å². The Morgan fingerprint density at radius 1 is 1.09 bits per heavy atom. The molecule has 0 atom stereocenters. The predicted molar refractivity (Wildman–Crippen MR) is 86.1 cm³/mol. The third-order valence-corrected chi connectivity index (χ3v) is 5.45. The summed E-state index contributed by atoms with van der Waals surface area (Å²) >= 11 is 3.20. The van der Waals surface area contributed by atoms with Crippen molar-refractivity contribution in [2.75, 3.05) is 0 Å². The average molecular weight is 327 g/mol. The predicted octanol–water partition coefficient (Wildman–Crippen LogP) is 3.34. The van der Waals surface area contributed by atoms with Gasteiger partial charge in [-0.05, 0) is 50.1 Å². The minimum atomic E-state index is 0.770. The van der Waals surface area contributed by atoms with E-state index in [-0.39, 0.29) is 0 Å². The Bertz CT molecular complexity index is 816. The first kappa shape index (κ1) is 13.8. The highest BCUT2D eigenvalue weighted by Gasteiger charge is 2.21. The molecule has 0 saturated heterocycles. The number of hydrogen-bond donors (Lipinski definition) is 0. The number of pyridine rings is 1. The second-order valence-electron chi connectivity index (χ2n) is 5.06. The van der Waals surface area contributed by atoms with Crippen LogP contribution in [0.15, 0.2) is 33.9 Å². The van der Waals surface area contributed by atoms with Gasteiger partial charge in [-0.3, -0.25) is 4.98 Å². The fourth-order valence-corrected chi connectivity index (χ4v) is 4.42. The Morgan fingerprint density at radius 3 is 2.73 bits per heavy atom. The lowest BCUT2D eigenvalue weighted by Gasteiger charge is -2.08. The van der Waals surface area contributed by atoms with E-state index in [0.717, 1.165) is 45.0 Å². The van der Waals surface area contributed by atoms with Gasteiger partial charge in [-0.2, -0.15) is 0 Å². The maximum absolute atomic E-state index is 4.78. The summed E-state index contributed by atoms with van der Waals surface area (Å²) in [6, 6.07) is 3.89. The van der Waals surface area contributed by atoms with Crippen LogP contribution in [0.25, 0.3) is 11.4 Å². The molecule has 0 N–H and O–H groups in total. The molecular formula is C15H13N5S2. The van der Waals surface area contributed by atoms with E-state index < -0.39 is 0 Å². The summed E-state index contributed by atoms with van der Waals surface area (Å²) in [5.41, 5.74) is 3.45. The Labute approximate surface area is 136 Å². The summed E-state index contributed by atoms with van der Waals surface area (Å²) in [4.78, 5) is 13.6. The second kappa shape index (κ2) is 5.73. The van der Waals surface area contributed by atoms with Crippen molar-refractivity contribution in [3.05, 3.63) is 40.8 Å². The summed E-state index contributed by atoms with van der Waals surface area (Å²) in [5, 5.41) is 10.3. The largest absolute Gasteiger partial charge is 0.265 e. The smallest absolute Gasteiger partial charge is 0.180 e. The molecule has 7 heteroatoms. The molecule has 3 aromatic heterocycles. The number of hydrogen-bond acceptors (Lipinski definition) is 7. The maximum atomic E-state index is 4.78. The highest BCUT2D eigenvalue weighted by molar-refractivity contribution is 8.01. The van der Waals surface area contributed by atoms with Gasteiger partial charge >= 0.3 is 0 Å². The zero-order chi connectivity index (χ0) is 14.9. The molecule has 0 spiro atoms. The number of fused-ring (bicyclic) bond motifs is 1. The summed E-state index contributed by atoms with van der Waals surface area (Å²) in [6.07, 6.45) is 6.76. The SMILES string of the molecule is Cc1nnc(Sc2nc(-c3ccncc3)nc3c2CCC3)s1. The van der Waals surface area contributed by atoms with Crippen LogP contribution in [0.2, 0.25) is 0 Å². The molecule has 0 bridgehead atoms. The van der Waals surface area contributed by atoms with Gasteiger partial charge in [0.15, 0.2) is 10.2 Å². The lowest BCUT2D eigenvalue weighted by molar-refractivity contribution is 0.895. The van der Waals surface area contributed by atoms with E-state index in [9.17, 15) is 0 Å². The van der Waals surface area contributed by atoms with Crippen molar-refractivity contribution in [1.29, 1.82) is 0 Å². The number of aromatic nitrogens is 5. The molecule has 22 heavy (non-hydrogen) atoms. The molecule has 1 aliphatic carbocycles. The fourth-order valence-electron chi connectivity index (χ4n) is 2.51. The van der Waals surface area contributed by atoms with Gasteiger partial charge in [-0.1, -0.05) is 11.3 Å². The minimum absolute atomic E-state index is 0.770. The van der Waals surface area contributed by atoms with Gasteiger partial charge in [0.25, 0.3) is 0 Å². The Hall–Kier alpha value is -1.86. The number of rotatable bonds is 3. The number of aryl methyl sites for hydroxylation is 2. The van der Waals surface area contributed by atoms with Crippen molar-refractivity contribution in [3.8, 4) is 11.4 Å². The van der Waals surface area contributed by atoms with Crippen LogP contribution in [0.3, 0.4) is 0 Å². The Morgan fingerprint density at radius 2 is 1.95 bits per heavy atom. The first-order valence-corrected chi connectivity index (χ1v) is 8.71. The third kappa shape index (κ3) is 2.62. The molecule has 3 heterocycles. The summed E-state index contributed by atoms with van der Waals surface area (Å²) < 4.78 is 0.936. The molecular weight excluding hydrogens is 314 g/mol. The van der Waals surface area contributed by atoms with Crippen LogP contribution < -0.4 is 0 Å². The molecule has 0 amide bonds. The van der Waals surface area contributed by atoms with Crippen molar-refractivity contribution in [2.45, 2.75) is 35.6 Å². The molecule has 0 unspecified atom stereocenters. The zero-order valence-corrected chi connectivity index (χ0v) is 13.6. The maximum Gasteiger partial charge on any atom is 0.180 e. The normalized spacial score (nSPS) is 13.3. The van der Waals surface area contributed by atoms with Crippen LogP contribution in [0.4, 0.5) is 0 Å². The van der Waals surface area contributed by atoms with Crippen molar-refractivity contribution in [3.63, 3.8) is 0 Å². The molecule has 3 aromatic rings. The lowest BCUT2D eigenvalue weighted by atomic mass is 10.2. The third-order valence-electron chi connectivity index (χ3n) is 3.53. The van der Waals surface area contributed by atoms with Crippen molar-refractivity contribution in [2.24, 2.45) is 0 Å². The molecule has 0 aromatic carbocycles. The van der Waals surface area contributed by atoms with E-state index in [4.69, 9.17) is 9.97 Å². The van der Waals surface area contributed by atoms with Crippen LogP contribution in [0.5, 0.6) is 0 Å². The summed E-state index contributed by atoms with van der Waals surface area (Å²) in [5.74, 6) is 0.770.